The number of methoxy groups -OCH3 is 1. The fourth-order valence-corrected chi connectivity index (χ4v) is 5.35. The molecule has 59 heavy (non-hydrogen) atoms. The van der Waals surface area contributed by atoms with E-state index in [1.807, 2.05) is 24.3 Å². The molecule has 5 rings (SSSR count). The Kier molecular flexibility index (Phi) is 15.7. The number of rotatable bonds is 13. The van der Waals surface area contributed by atoms with E-state index < -0.39 is 26.8 Å². The standard InChI is InChI=1S/C21H19N5O5.C17H15N5O5.Co/c1-13-16(11-22-2)20(28)25(12-14-6-4-3-5-7-14)21(29)19(13)24-23-17-10-15(26(30)31)8-9-18(17)27;1-4-7-21-16(24)12(9-18)10(2)15(17(21)27-3)20-19-13-8-11(22(25)26)5-6-14(13)23;/h3-10,27,29H,2,11-12H2,1H3;4-6,8,23H,1,7H2,2-3H3;. The second kappa shape index (κ2) is 20.4. The van der Waals surface area contributed by atoms with Crippen LogP contribution in [0, 0.1) is 45.4 Å². The first-order valence-corrected chi connectivity index (χ1v) is 16.7. The number of phenols is 2. The van der Waals surface area contributed by atoms with Crippen LogP contribution >= 0.6 is 0 Å². The topological polar surface area (TPSA) is 286 Å². The normalized spacial score (nSPS) is 10.6. The minimum atomic E-state index is -0.637. The molecule has 0 aliphatic carbocycles. The zero-order valence-corrected chi connectivity index (χ0v) is 32.5. The predicted molar refractivity (Wildman–Crippen MR) is 211 cm³/mol. The summed E-state index contributed by atoms with van der Waals surface area (Å²) in [5, 5.41) is 77.4. The van der Waals surface area contributed by atoms with Gasteiger partial charge in [0.15, 0.2) is 5.69 Å². The first kappa shape index (κ1) is 45.6. The van der Waals surface area contributed by atoms with Crippen LogP contribution in [0.1, 0.15) is 27.8 Å². The second-order valence-electron chi connectivity index (χ2n) is 12.0. The van der Waals surface area contributed by atoms with Crippen LogP contribution in [0.25, 0.3) is 0 Å². The van der Waals surface area contributed by atoms with Gasteiger partial charge in [0.05, 0.1) is 30.0 Å². The van der Waals surface area contributed by atoms with Crippen molar-refractivity contribution in [2.75, 3.05) is 7.11 Å². The molecule has 0 spiro atoms. The molecule has 0 saturated heterocycles. The Morgan fingerprint density at radius 2 is 1.37 bits per heavy atom. The summed E-state index contributed by atoms with van der Waals surface area (Å²) in [5.74, 6) is -1.02. The van der Waals surface area contributed by atoms with Gasteiger partial charge in [0, 0.05) is 58.7 Å². The molecule has 2 heterocycles. The zero-order chi connectivity index (χ0) is 42.7. The maximum Gasteiger partial charge on any atom is 0.271 e. The second-order valence-corrected chi connectivity index (χ2v) is 12.0. The van der Waals surface area contributed by atoms with Crippen molar-refractivity contribution in [2.45, 2.75) is 33.5 Å². The Hall–Kier alpha value is -7.83. The molecular formula is C38H34CoN10O10. The number of nitriles is 1. The van der Waals surface area contributed by atoms with E-state index in [4.69, 9.17) is 4.74 Å². The molecule has 0 atom stereocenters. The minimum absolute atomic E-state index is 0. The molecule has 0 aliphatic heterocycles. The van der Waals surface area contributed by atoms with E-state index >= 15 is 0 Å². The van der Waals surface area contributed by atoms with Gasteiger partial charge in [0.2, 0.25) is 11.8 Å². The van der Waals surface area contributed by atoms with Gasteiger partial charge >= 0.3 is 0 Å². The number of hydrogen-bond acceptors (Lipinski definition) is 16. The number of aliphatic imine (C=N–C) groups is 1. The van der Waals surface area contributed by atoms with Crippen LogP contribution in [0.3, 0.4) is 0 Å². The number of benzene rings is 3. The Morgan fingerprint density at radius 1 is 0.831 bits per heavy atom. The summed E-state index contributed by atoms with van der Waals surface area (Å²) in [4.78, 5) is 49.7. The van der Waals surface area contributed by atoms with E-state index in [0.717, 1.165) is 46.5 Å². The van der Waals surface area contributed by atoms with Gasteiger partial charge < -0.3 is 20.1 Å². The molecule has 20 nitrogen and oxygen atoms in total. The van der Waals surface area contributed by atoms with Gasteiger partial charge in [0.25, 0.3) is 22.5 Å². The quantitative estimate of drug-likeness (QED) is 0.0345. The number of phenolic OH excluding ortho intramolecular Hbond substituents is 2. The van der Waals surface area contributed by atoms with Gasteiger partial charge in [-0.2, -0.15) is 5.26 Å². The molecule has 0 fully saturated rings. The average molecular weight is 850 g/mol. The van der Waals surface area contributed by atoms with Crippen molar-refractivity contribution >= 4 is 40.8 Å². The van der Waals surface area contributed by atoms with Crippen LogP contribution in [0.5, 0.6) is 23.3 Å². The number of allylic oxidation sites excluding steroid dienone is 1. The number of aromatic hydroxyl groups is 3. The molecule has 1 radical (unpaired) electrons. The van der Waals surface area contributed by atoms with Crippen molar-refractivity contribution < 1.29 is 46.7 Å². The number of nitrogens with zero attached hydrogens (tertiary/aromatic N) is 10. The molecule has 2 aromatic heterocycles. The van der Waals surface area contributed by atoms with Crippen molar-refractivity contribution in [2.24, 2.45) is 25.4 Å². The van der Waals surface area contributed by atoms with E-state index in [2.05, 4.69) is 38.7 Å². The van der Waals surface area contributed by atoms with Crippen molar-refractivity contribution in [3.8, 4) is 29.3 Å². The van der Waals surface area contributed by atoms with Crippen LogP contribution in [0.2, 0.25) is 0 Å². The predicted octanol–water partition coefficient (Wildman–Crippen LogP) is 7.39. The van der Waals surface area contributed by atoms with Gasteiger partial charge in [0.1, 0.15) is 40.2 Å². The number of hydrogen-bond donors (Lipinski definition) is 3. The van der Waals surface area contributed by atoms with Gasteiger partial charge in [-0.05, 0) is 43.8 Å². The van der Waals surface area contributed by atoms with Crippen LogP contribution in [0.15, 0.2) is 114 Å². The Balaban J connectivity index is 0.000000313. The summed E-state index contributed by atoms with van der Waals surface area (Å²) in [6, 6.07) is 17.5. The summed E-state index contributed by atoms with van der Waals surface area (Å²) in [5.41, 5.74) is -0.313. The Labute approximate surface area is 344 Å². The Morgan fingerprint density at radius 3 is 1.85 bits per heavy atom. The molecule has 0 unspecified atom stereocenters. The number of pyridine rings is 2. The monoisotopic (exact) mass is 849 g/mol. The summed E-state index contributed by atoms with van der Waals surface area (Å²) in [7, 11) is 1.32. The first-order valence-electron chi connectivity index (χ1n) is 16.7. The summed E-state index contributed by atoms with van der Waals surface area (Å²) >= 11 is 0. The fraction of sp³-hybridized carbons (Fsp3) is 0.158. The number of non-ortho nitro benzene ring substituents is 2. The van der Waals surface area contributed by atoms with Gasteiger partial charge in [-0.3, -0.25) is 43.9 Å². The van der Waals surface area contributed by atoms with Crippen LogP contribution < -0.4 is 15.9 Å². The molecule has 0 amide bonds. The maximum atomic E-state index is 12.9. The van der Waals surface area contributed by atoms with Crippen molar-refractivity contribution in [3.63, 3.8) is 0 Å². The van der Waals surface area contributed by atoms with Crippen LogP contribution in [0.4, 0.5) is 34.1 Å². The minimum Gasteiger partial charge on any atom is -0.506 e. The summed E-state index contributed by atoms with van der Waals surface area (Å²) < 4.78 is 7.56. The van der Waals surface area contributed by atoms with Crippen LogP contribution in [-0.4, -0.2) is 48.1 Å². The largest absolute Gasteiger partial charge is 0.506 e. The first-order chi connectivity index (χ1) is 27.7. The molecule has 0 bridgehead atoms. The van der Waals surface area contributed by atoms with E-state index in [9.17, 15) is 50.4 Å². The molecular weight excluding hydrogens is 815 g/mol. The molecule has 0 saturated carbocycles. The van der Waals surface area contributed by atoms with Gasteiger partial charge in [-0.15, -0.1) is 27.0 Å². The van der Waals surface area contributed by atoms with E-state index in [0.29, 0.717) is 5.56 Å². The fourth-order valence-electron chi connectivity index (χ4n) is 5.35. The third kappa shape index (κ3) is 10.3. The zero-order valence-electron chi connectivity index (χ0n) is 31.5. The summed E-state index contributed by atoms with van der Waals surface area (Å²) in [6.07, 6.45) is 1.45. The third-order valence-corrected chi connectivity index (χ3v) is 8.34. The van der Waals surface area contributed by atoms with E-state index in [1.165, 1.54) is 24.7 Å². The molecule has 305 valence electrons. The number of ether oxygens (including phenoxy) is 1. The number of nitro benzene ring substituents is 2. The summed E-state index contributed by atoms with van der Waals surface area (Å²) in [6.45, 7) is 10.2. The van der Waals surface area contributed by atoms with Crippen molar-refractivity contribution in [1.82, 2.24) is 9.13 Å². The van der Waals surface area contributed by atoms with Gasteiger partial charge in [-0.25, -0.2) is 0 Å². The van der Waals surface area contributed by atoms with E-state index in [-0.39, 0.29) is 105 Å². The molecule has 5 aromatic rings. The number of azo groups is 2. The average Bonchev–Trinajstić information content (AvgIpc) is 3.20. The van der Waals surface area contributed by atoms with Gasteiger partial charge in [-0.1, -0.05) is 36.4 Å². The molecule has 3 aromatic carbocycles. The number of nitro groups is 2. The smallest absolute Gasteiger partial charge is 0.271 e. The molecule has 0 aliphatic rings. The van der Waals surface area contributed by atoms with Crippen molar-refractivity contribution in [3.05, 3.63) is 148 Å². The molecule has 3 N–H and O–H groups in total. The van der Waals surface area contributed by atoms with Crippen molar-refractivity contribution in [1.29, 1.82) is 5.26 Å². The maximum absolute atomic E-state index is 12.9. The van der Waals surface area contributed by atoms with E-state index in [1.54, 1.807) is 19.1 Å². The SMILES string of the molecule is C=CCn1c(OC)c(N=Nc2cc([N+](=O)[O-])ccc2O)c(C)c(C#N)c1=O.C=NCc1c(C)c(N=Nc2cc([N+](=O)[O-])ccc2O)c(O)n(Cc2ccccc2)c1=O.[Co]. The molecule has 21 heteroatoms. The third-order valence-electron chi connectivity index (χ3n) is 8.34. The Bertz CT molecular complexity index is 2650. The number of aromatic nitrogens is 2. The van der Waals surface area contributed by atoms with Crippen LogP contribution in [-0.2, 0) is 36.4 Å².